The van der Waals surface area contributed by atoms with Gasteiger partial charge in [0, 0.05) is 22.6 Å². The molecule has 0 aliphatic rings. The van der Waals surface area contributed by atoms with E-state index in [-0.39, 0.29) is 22.2 Å². The van der Waals surface area contributed by atoms with E-state index in [1.165, 1.54) is 18.2 Å². The molecule has 0 atom stereocenters. The number of anilines is 1. The number of hydrogen-bond acceptors (Lipinski definition) is 4. The first-order valence-corrected chi connectivity index (χ1v) is 9.32. The van der Waals surface area contributed by atoms with Crippen LogP contribution in [0.25, 0.3) is 10.9 Å². The number of nitrogens with zero attached hydrogens (tertiary/aromatic N) is 1. The summed E-state index contributed by atoms with van der Waals surface area (Å²) in [6.07, 6.45) is 0. The van der Waals surface area contributed by atoms with Crippen LogP contribution in [0.5, 0.6) is 5.88 Å². The summed E-state index contributed by atoms with van der Waals surface area (Å²) in [6, 6.07) is 13.9. The van der Waals surface area contributed by atoms with Gasteiger partial charge in [-0.2, -0.15) is 0 Å². The van der Waals surface area contributed by atoms with Gasteiger partial charge in [0.2, 0.25) is 5.88 Å². The van der Waals surface area contributed by atoms with Crippen molar-refractivity contribution >= 4 is 34.3 Å². The van der Waals surface area contributed by atoms with E-state index in [2.05, 4.69) is 5.32 Å². The van der Waals surface area contributed by atoms with Crippen LogP contribution in [-0.4, -0.2) is 27.4 Å². The smallest absolute Gasteiger partial charge is 0.326 e. The van der Waals surface area contributed by atoms with Gasteiger partial charge in [0.25, 0.3) is 5.91 Å². The average molecular weight is 435 g/mol. The molecule has 0 saturated carbocycles. The third-order valence-corrected chi connectivity index (χ3v) is 4.88. The normalized spacial score (nSPS) is 10.8. The van der Waals surface area contributed by atoms with Crippen LogP contribution in [0.1, 0.15) is 26.3 Å². The number of nitrogens with two attached hydrogens (primary N) is 1. The molecule has 1 aromatic heterocycles. The van der Waals surface area contributed by atoms with Crippen molar-refractivity contribution < 1.29 is 28.3 Å². The first-order valence-electron chi connectivity index (χ1n) is 9.32. The van der Waals surface area contributed by atoms with E-state index in [1.807, 2.05) is 0 Å². The van der Waals surface area contributed by atoms with Gasteiger partial charge in [-0.25, -0.2) is 18.1 Å². The molecule has 0 unspecified atom stereocenters. The number of aromatic nitrogens is 1. The SMILES string of the molecule is NC(=O)n1c(O)c(C(=O)Nc2ccc(F)cc2F)c2c(C(=O)c3ccccc3)cccc21. The van der Waals surface area contributed by atoms with Crippen LogP contribution >= 0.6 is 0 Å². The highest BCUT2D eigenvalue weighted by Gasteiger charge is 2.29. The lowest BCUT2D eigenvalue weighted by Crippen LogP contribution is -2.19. The molecule has 32 heavy (non-hydrogen) atoms. The molecule has 0 radical (unpaired) electrons. The summed E-state index contributed by atoms with van der Waals surface area (Å²) >= 11 is 0. The van der Waals surface area contributed by atoms with Crippen LogP contribution in [0, 0.1) is 11.6 Å². The fourth-order valence-corrected chi connectivity index (χ4v) is 3.47. The highest BCUT2D eigenvalue weighted by atomic mass is 19.1. The monoisotopic (exact) mass is 435 g/mol. The second-order valence-electron chi connectivity index (χ2n) is 6.85. The van der Waals surface area contributed by atoms with Crippen molar-refractivity contribution in [2.24, 2.45) is 5.73 Å². The maximum absolute atomic E-state index is 14.1. The summed E-state index contributed by atoms with van der Waals surface area (Å²) in [6.45, 7) is 0. The molecule has 160 valence electrons. The zero-order valence-corrected chi connectivity index (χ0v) is 16.3. The Balaban J connectivity index is 1.93. The summed E-state index contributed by atoms with van der Waals surface area (Å²) in [5.41, 5.74) is 4.90. The molecule has 0 fully saturated rings. The summed E-state index contributed by atoms with van der Waals surface area (Å²) in [7, 11) is 0. The Morgan fingerprint density at radius 3 is 2.31 bits per heavy atom. The number of carbonyl (C=O) groups is 3. The molecule has 4 rings (SSSR count). The van der Waals surface area contributed by atoms with Gasteiger partial charge in [0.05, 0.1) is 11.2 Å². The highest BCUT2D eigenvalue weighted by molar-refractivity contribution is 6.24. The number of halogens is 2. The number of nitrogens with one attached hydrogen (secondary N) is 1. The Hall–Kier alpha value is -4.53. The Kier molecular flexibility index (Phi) is 5.15. The van der Waals surface area contributed by atoms with E-state index < -0.39 is 40.8 Å². The van der Waals surface area contributed by atoms with Crippen molar-refractivity contribution in [3.63, 3.8) is 0 Å². The lowest BCUT2D eigenvalue weighted by molar-refractivity contribution is 0.102. The van der Waals surface area contributed by atoms with Gasteiger partial charge in [-0.3, -0.25) is 9.59 Å². The Bertz CT molecular complexity index is 1400. The van der Waals surface area contributed by atoms with Gasteiger partial charge in [0.15, 0.2) is 5.78 Å². The highest BCUT2D eigenvalue weighted by Crippen LogP contribution is 2.35. The second-order valence-corrected chi connectivity index (χ2v) is 6.85. The van der Waals surface area contributed by atoms with E-state index >= 15 is 0 Å². The van der Waals surface area contributed by atoms with Crippen LogP contribution in [0.3, 0.4) is 0 Å². The van der Waals surface area contributed by atoms with Crippen LogP contribution < -0.4 is 11.1 Å². The van der Waals surface area contributed by atoms with E-state index in [9.17, 15) is 28.3 Å². The summed E-state index contributed by atoms with van der Waals surface area (Å²) in [5, 5.41) is 12.8. The molecule has 9 heteroatoms. The number of amides is 2. The number of carbonyl (C=O) groups excluding carboxylic acids is 3. The standard InChI is InChI=1S/C23H15F2N3O4/c24-13-9-10-16(15(25)11-13)27-21(30)19-18-14(20(29)12-5-2-1-3-6-12)7-4-8-17(18)28(22(19)31)23(26)32/h1-11,31H,(H2,26,32)(H,27,30). The van der Waals surface area contributed by atoms with E-state index in [1.54, 1.807) is 30.3 Å². The number of benzene rings is 3. The lowest BCUT2D eigenvalue weighted by atomic mass is 9.97. The largest absolute Gasteiger partial charge is 0.494 e. The van der Waals surface area contributed by atoms with Crippen LogP contribution in [0.2, 0.25) is 0 Å². The molecule has 0 saturated heterocycles. The lowest BCUT2D eigenvalue weighted by Gasteiger charge is -2.08. The van der Waals surface area contributed by atoms with Gasteiger partial charge in [0.1, 0.15) is 17.2 Å². The van der Waals surface area contributed by atoms with Gasteiger partial charge in [-0.15, -0.1) is 0 Å². The predicted octanol–water partition coefficient (Wildman–Crippen LogP) is 4.04. The van der Waals surface area contributed by atoms with Gasteiger partial charge < -0.3 is 16.2 Å². The van der Waals surface area contributed by atoms with Crippen molar-refractivity contribution in [2.45, 2.75) is 0 Å². The molecule has 4 N–H and O–H groups in total. The van der Waals surface area contributed by atoms with Crippen molar-refractivity contribution in [1.29, 1.82) is 0 Å². The van der Waals surface area contributed by atoms with Crippen LogP contribution in [0.4, 0.5) is 19.3 Å². The maximum Gasteiger partial charge on any atom is 0.326 e. The van der Waals surface area contributed by atoms with Crippen LogP contribution in [-0.2, 0) is 0 Å². The summed E-state index contributed by atoms with van der Waals surface area (Å²) in [5.74, 6) is -4.20. The van der Waals surface area contributed by atoms with E-state index in [0.717, 1.165) is 12.1 Å². The van der Waals surface area contributed by atoms with Gasteiger partial charge in [-0.1, -0.05) is 42.5 Å². The fourth-order valence-electron chi connectivity index (χ4n) is 3.47. The first-order chi connectivity index (χ1) is 15.3. The van der Waals surface area contributed by atoms with E-state index in [0.29, 0.717) is 16.2 Å². The number of primary amides is 1. The molecule has 1 heterocycles. The number of aromatic hydroxyl groups is 1. The van der Waals surface area contributed by atoms with Crippen molar-refractivity contribution in [2.75, 3.05) is 5.32 Å². The number of hydrogen-bond donors (Lipinski definition) is 3. The Morgan fingerprint density at radius 2 is 1.66 bits per heavy atom. The number of ketones is 1. The van der Waals surface area contributed by atoms with Crippen LogP contribution in [0.15, 0.2) is 66.7 Å². The molecule has 0 spiro atoms. The minimum atomic E-state index is -1.09. The Labute approximate surface area is 179 Å². The quantitative estimate of drug-likeness (QED) is 0.420. The fraction of sp³-hybridized carbons (Fsp3) is 0. The van der Waals surface area contributed by atoms with Crippen molar-refractivity contribution in [1.82, 2.24) is 4.57 Å². The van der Waals surface area contributed by atoms with Crippen molar-refractivity contribution in [3.05, 3.63) is 95.1 Å². The van der Waals surface area contributed by atoms with Gasteiger partial charge in [-0.05, 0) is 18.2 Å². The van der Waals surface area contributed by atoms with Crippen molar-refractivity contribution in [3.8, 4) is 5.88 Å². The first kappa shape index (κ1) is 20.7. The molecule has 4 aromatic rings. The third kappa shape index (κ3) is 3.45. The summed E-state index contributed by atoms with van der Waals surface area (Å²) in [4.78, 5) is 38.1. The molecule has 0 aliphatic carbocycles. The second kappa shape index (κ2) is 7.95. The van der Waals surface area contributed by atoms with Gasteiger partial charge >= 0.3 is 6.03 Å². The minimum absolute atomic E-state index is 0.0153. The molecule has 0 bridgehead atoms. The molecular formula is C23H15F2N3O4. The molecule has 3 aromatic carbocycles. The maximum atomic E-state index is 14.1. The molecular weight excluding hydrogens is 420 g/mol. The predicted molar refractivity (Wildman–Crippen MR) is 113 cm³/mol. The zero-order chi connectivity index (χ0) is 23.0. The molecule has 2 amide bonds. The number of rotatable bonds is 4. The minimum Gasteiger partial charge on any atom is -0.494 e. The molecule has 7 nitrogen and oxygen atoms in total. The average Bonchev–Trinajstić information content (AvgIpc) is 3.07. The summed E-state index contributed by atoms with van der Waals surface area (Å²) < 4.78 is 27.9. The number of fused-ring (bicyclic) bond motifs is 1. The van der Waals surface area contributed by atoms with E-state index in [4.69, 9.17) is 5.73 Å². The Morgan fingerprint density at radius 1 is 0.938 bits per heavy atom. The zero-order valence-electron chi connectivity index (χ0n) is 16.3. The topological polar surface area (TPSA) is 114 Å². The molecule has 0 aliphatic heterocycles. The third-order valence-electron chi connectivity index (χ3n) is 4.88.